The lowest BCUT2D eigenvalue weighted by Gasteiger charge is -2.13. The van der Waals surface area contributed by atoms with Gasteiger partial charge in [-0.25, -0.2) is 9.97 Å². The van der Waals surface area contributed by atoms with Crippen LogP contribution < -0.4 is 0 Å². The van der Waals surface area contributed by atoms with Crippen molar-refractivity contribution in [1.29, 1.82) is 0 Å². The molecule has 0 saturated carbocycles. The molecule has 8 aromatic carbocycles. The van der Waals surface area contributed by atoms with E-state index < -0.39 is 0 Å². The van der Waals surface area contributed by atoms with Crippen molar-refractivity contribution in [2.45, 2.75) is 0 Å². The third kappa shape index (κ3) is 5.39. The summed E-state index contributed by atoms with van der Waals surface area (Å²) in [5.74, 6) is 0.686. The maximum atomic E-state index is 6.70. The average Bonchev–Trinajstić information content (AvgIpc) is 3.85. The minimum Gasteiger partial charge on any atom is -0.456 e. The van der Waals surface area contributed by atoms with E-state index in [4.69, 9.17) is 18.8 Å². The number of para-hydroxylation sites is 2. The second-order valence-electron chi connectivity index (χ2n) is 14.1. The number of furan rings is 2. The molecule has 11 aromatic rings. The average molecular weight is 717 g/mol. The Balaban J connectivity index is 1.03. The van der Waals surface area contributed by atoms with Gasteiger partial charge in [-0.15, -0.1) is 0 Å². The highest BCUT2D eigenvalue weighted by molar-refractivity contribution is 6.17. The van der Waals surface area contributed by atoms with Crippen molar-refractivity contribution in [2.75, 3.05) is 0 Å². The summed E-state index contributed by atoms with van der Waals surface area (Å²) in [7, 11) is 0. The fourth-order valence-corrected chi connectivity index (χ4v) is 8.03. The number of nitrogens with zero attached hydrogens (tertiary/aromatic N) is 2. The summed E-state index contributed by atoms with van der Waals surface area (Å²) < 4.78 is 12.9. The Labute approximate surface area is 323 Å². The van der Waals surface area contributed by atoms with Crippen LogP contribution in [0.2, 0.25) is 0 Å². The summed E-state index contributed by atoms with van der Waals surface area (Å²) in [5.41, 5.74) is 14.8. The third-order valence-corrected chi connectivity index (χ3v) is 10.8. The van der Waals surface area contributed by atoms with Gasteiger partial charge in [-0.3, -0.25) is 0 Å². The van der Waals surface area contributed by atoms with Gasteiger partial charge in [0.05, 0.1) is 11.4 Å². The molecule has 0 radical (unpaired) electrons. The van der Waals surface area contributed by atoms with E-state index in [9.17, 15) is 0 Å². The van der Waals surface area contributed by atoms with Crippen LogP contribution in [0.3, 0.4) is 0 Å². The van der Waals surface area contributed by atoms with Crippen molar-refractivity contribution in [2.24, 2.45) is 0 Å². The molecule has 0 bridgehead atoms. The number of hydrogen-bond acceptors (Lipinski definition) is 4. The van der Waals surface area contributed by atoms with Crippen LogP contribution in [0.4, 0.5) is 0 Å². The summed E-state index contributed by atoms with van der Waals surface area (Å²) in [6.45, 7) is 0. The Bertz CT molecular complexity index is 3230. The number of fused-ring (bicyclic) bond motifs is 6. The van der Waals surface area contributed by atoms with Crippen molar-refractivity contribution in [3.8, 4) is 67.3 Å². The van der Waals surface area contributed by atoms with Crippen molar-refractivity contribution in [3.05, 3.63) is 194 Å². The smallest absolute Gasteiger partial charge is 0.161 e. The number of rotatable bonds is 6. The van der Waals surface area contributed by atoms with Crippen molar-refractivity contribution >= 4 is 43.9 Å². The van der Waals surface area contributed by atoms with Gasteiger partial charge in [0.2, 0.25) is 0 Å². The zero-order valence-electron chi connectivity index (χ0n) is 30.2. The van der Waals surface area contributed by atoms with Gasteiger partial charge in [0.15, 0.2) is 5.82 Å². The molecular weight excluding hydrogens is 685 g/mol. The molecule has 0 aliphatic carbocycles. The normalized spacial score (nSPS) is 11.6. The molecule has 4 heteroatoms. The molecule has 0 saturated heterocycles. The highest BCUT2D eigenvalue weighted by Crippen LogP contribution is 2.43. The van der Waals surface area contributed by atoms with Crippen LogP contribution >= 0.6 is 0 Å². The fourth-order valence-electron chi connectivity index (χ4n) is 8.03. The lowest BCUT2D eigenvalue weighted by atomic mass is 9.93. The fraction of sp³-hybridized carbons (Fsp3) is 0. The minimum absolute atomic E-state index is 0.686. The Morgan fingerprint density at radius 3 is 1.57 bits per heavy atom. The number of aromatic nitrogens is 2. The van der Waals surface area contributed by atoms with Crippen LogP contribution in [0.1, 0.15) is 0 Å². The summed E-state index contributed by atoms with van der Waals surface area (Å²) in [6, 6.07) is 67.2. The number of benzene rings is 8. The summed E-state index contributed by atoms with van der Waals surface area (Å²) in [4.78, 5) is 10.4. The molecule has 11 rings (SSSR count). The Morgan fingerprint density at radius 2 is 0.821 bits per heavy atom. The molecule has 0 fully saturated rings. The van der Waals surface area contributed by atoms with Gasteiger partial charge in [-0.05, 0) is 64.2 Å². The summed E-state index contributed by atoms with van der Waals surface area (Å²) in [6.07, 6.45) is 0. The molecule has 0 aliphatic rings. The van der Waals surface area contributed by atoms with Gasteiger partial charge in [0, 0.05) is 43.8 Å². The predicted octanol–water partition coefficient (Wildman–Crippen LogP) is 14.3. The van der Waals surface area contributed by atoms with Crippen molar-refractivity contribution in [1.82, 2.24) is 9.97 Å². The second-order valence-corrected chi connectivity index (χ2v) is 14.1. The van der Waals surface area contributed by atoms with Gasteiger partial charge in [-0.1, -0.05) is 158 Å². The van der Waals surface area contributed by atoms with Crippen LogP contribution in [-0.2, 0) is 0 Å². The summed E-state index contributed by atoms with van der Waals surface area (Å²) in [5, 5.41) is 4.40. The standard InChI is InChI=1S/C52H32N2O2/c1-3-13-33(14-4-1)38-17-7-8-19-42(38)52-53-45(35-15-5-2-6-16-35)32-46(54-52)36-25-23-34(24-26-36)40-29-28-39(50-43-20-10-12-22-48(43)56-51(40)50)37-27-30-49-44(31-37)41-18-9-11-21-47(41)55-49/h1-32H. The van der Waals surface area contributed by atoms with Gasteiger partial charge >= 0.3 is 0 Å². The molecule has 0 atom stereocenters. The first kappa shape index (κ1) is 31.9. The zero-order valence-corrected chi connectivity index (χ0v) is 30.2. The molecule has 0 amide bonds. The van der Waals surface area contributed by atoms with Crippen LogP contribution in [0.5, 0.6) is 0 Å². The molecule has 3 aromatic heterocycles. The monoisotopic (exact) mass is 716 g/mol. The second kappa shape index (κ2) is 13.1. The van der Waals surface area contributed by atoms with E-state index in [1.807, 2.05) is 48.5 Å². The van der Waals surface area contributed by atoms with Crippen LogP contribution in [0, 0.1) is 0 Å². The molecule has 0 unspecified atom stereocenters. The molecule has 4 nitrogen and oxygen atoms in total. The first-order chi connectivity index (χ1) is 27.7. The van der Waals surface area contributed by atoms with Crippen LogP contribution in [0.15, 0.2) is 203 Å². The first-order valence-corrected chi connectivity index (χ1v) is 18.8. The maximum Gasteiger partial charge on any atom is 0.161 e. The van der Waals surface area contributed by atoms with Crippen molar-refractivity contribution < 1.29 is 8.83 Å². The topological polar surface area (TPSA) is 52.1 Å². The minimum atomic E-state index is 0.686. The Hall–Kier alpha value is -7.56. The van der Waals surface area contributed by atoms with E-state index in [1.165, 1.54) is 0 Å². The molecule has 0 N–H and O–H groups in total. The molecule has 3 heterocycles. The molecule has 262 valence electrons. The zero-order chi connectivity index (χ0) is 37.0. The maximum absolute atomic E-state index is 6.70. The van der Waals surface area contributed by atoms with E-state index in [0.717, 1.165) is 105 Å². The van der Waals surface area contributed by atoms with Gasteiger partial charge in [0.1, 0.15) is 22.3 Å². The predicted molar refractivity (Wildman–Crippen MR) is 229 cm³/mol. The molecule has 56 heavy (non-hydrogen) atoms. The van der Waals surface area contributed by atoms with Crippen LogP contribution in [-0.4, -0.2) is 9.97 Å². The summed E-state index contributed by atoms with van der Waals surface area (Å²) >= 11 is 0. The van der Waals surface area contributed by atoms with Crippen molar-refractivity contribution in [3.63, 3.8) is 0 Å². The van der Waals surface area contributed by atoms with Crippen LogP contribution in [0.25, 0.3) is 111 Å². The van der Waals surface area contributed by atoms with E-state index in [1.54, 1.807) is 0 Å². The van der Waals surface area contributed by atoms with E-state index >= 15 is 0 Å². The number of hydrogen-bond donors (Lipinski definition) is 0. The highest BCUT2D eigenvalue weighted by Gasteiger charge is 2.19. The third-order valence-electron chi connectivity index (χ3n) is 10.8. The lowest BCUT2D eigenvalue weighted by Crippen LogP contribution is -1.97. The SMILES string of the molecule is c1ccc(-c2cc(-c3ccc(-c4ccc(-c5ccc6oc7ccccc7c6c5)c5c4oc4ccccc45)cc3)nc(-c3ccccc3-c3ccccc3)n2)cc1. The van der Waals surface area contributed by atoms with E-state index in [0.29, 0.717) is 5.82 Å². The van der Waals surface area contributed by atoms with E-state index in [-0.39, 0.29) is 0 Å². The Morgan fingerprint density at radius 1 is 0.304 bits per heavy atom. The van der Waals surface area contributed by atoms with Gasteiger partial charge in [-0.2, -0.15) is 0 Å². The van der Waals surface area contributed by atoms with Gasteiger partial charge in [0.25, 0.3) is 0 Å². The van der Waals surface area contributed by atoms with Gasteiger partial charge < -0.3 is 8.83 Å². The molecule has 0 spiro atoms. The molecular formula is C52H32N2O2. The van der Waals surface area contributed by atoms with E-state index in [2.05, 4.69) is 146 Å². The largest absolute Gasteiger partial charge is 0.456 e. The molecule has 0 aliphatic heterocycles. The first-order valence-electron chi connectivity index (χ1n) is 18.8. The Kier molecular flexibility index (Phi) is 7.46. The highest BCUT2D eigenvalue weighted by atomic mass is 16.3. The lowest BCUT2D eigenvalue weighted by molar-refractivity contribution is 0.669. The quantitative estimate of drug-likeness (QED) is 0.172.